The molecule has 0 radical (unpaired) electrons. The van der Waals surface area contributed by atoms with Crippen LogP contribution in [0.2, 0.25) is 0 Å². The van der Waals surface area contributed by atoms with Gasteiger partial charge in [-0.2, -0.15) is 5.10 Å². The maximum Gasteiger partial charge on any atom is 0.266 e. The first-order valence-corrected chi connectivity index (χ1v) is 7.97. The van der Waals surface area contributed by atoms with Crippen molar-refractivity contribution in [1.82, 2.24) is 25.1 Å². The predicted octanol–water partition coefficient (Wildman–Crippen LogP) is 0.586. The van der Waals surface area contributed by atoms with E-state index in [2.05, 4.69) is 20.4 Å². The summed E-state index contributed by atoms with van der Waals surface area (Å²) in [5.41, 5.74) is 2.07. The number of imidazole rings is 1. The van der Waals surface area contributed by atoms with Gasteiger partial charge in [-0.15, -0.1) is 0 Å². The van der Waals surface area contributed by atoms with Crippen LogP contribution < -0.4 is 10.9 Å². The van der Waals surface area contributed by atoms with Gasteiger partial charge in [0.1, 0.15) is 5.82 Å². The van der Waals surface area contributed by atoms with Crippen molar-refractivity contribution >= 4 is 5.91 Å². The maximum absolute atomic E-state index is 12.3. The fraction of sp³-hybridized carbons (Fsp3) is 0.500. The monoisotopic (exact) mass is 315 g/mol. The number of hydrogen-bond donors (Lipinski definition) is 2. The van der Waals surface area contributed by atoms with E-state index in [1.165, 1.54) is 10.7 Å². The Kier molecular flexibility index (Phi) is 4.55. The van der Waals surface area contributed by atoms with E-state index in [0.29, 0.717) is 19.5 Å². The first-order chi connectivity index (χ1) is 11.1. The molecular weight excluding hydrogens is 294 g/mol. The second-order valence-corrected chi connectivity index (χ2v) is 5.92. The minimum Gasteiger partial charge on any atom is -0.356 e. The van der Waals surface area contributed by atoms with Crippen LogP contribution in [-0.2, 0) is 24.2 Å². The van der Waals surface area contributed by atoms with E-state index in [4.69, 9.17) is 0 Å². The van der Waals surface area contributed by atoms with Crippen LogP contribution in [0.5, 0.6) is 0 Å². The molecule has 0 aliphatic heterocycles. The normalized spacial score (nSPS) is 16.8. The number of aromatic nitrogens is 4. The number of nitrogens with one attached hydrogen (secondary N) is 2. The van der Waals surface area contributed by atoms with Gasteiger partial charge < -0.3 is 10.3 Å². The number of H-pyrrole nitrogens is 1. The fourth-order valence-corrected chi connectivity index (χ4v) is 2.99. The van der Waals surface area contributed by atoms with Gasteiger partial charge in [-0.25, -0.2) is 9.67 Å². The number of hydrogen-bond acceptors (Lipinski definition) is 4. The van der Waals surface area contributed by atoms with E-state index in [0.717, 1.165) is 36.5 Å². The largest absolute Gasteiger partial charge is 0.356 e. The lowest BCUT2D eigenvalue weighted by Gasteiger charge is -2.20. The van der Waals surface area contributed by atoms with E-state index in [1.807, 2.05) is 6.92 Å². The van der Waals surface area contributed by atoms with Gasteiger partial charge in [-0.1, -0.05) is 0 Å². The molecule has 0 fully saturated rings. The molecule has 0 bridgehead atoms. The van der Waals surface area contributed by atoms with Crippen LogP contribution in [-0.4, -0.2) is 32.2 Å². The Morgan fingerprint density at radius 1 is 1.52 bits per heavy atom. The second kappa shape index (κ2) is 6.76. The lowest BCUT2D eigenvalue weighted by Crippen LogP contribution is -2.35. The minimum atomic E-state index is -0.117. The molecular formula is C16H21N5O2. The molecule has 7 heteroatoms. The average molecular weight is 315 g/mol. The van der Waals surface area contributed by atoms with Gasteiger partial charge >= 0.3 is 0 Å². The zero-order valence-electron chi connectivity index (χ0n) is 13.2. The van der Waals surface area contributed by atoms with E-state index in [1.54, 1.807) is 12.3 Å². The standard InChI is InChI=1S/C16H21N5O2/c1-11-19-13-6-5-12(10-14(13)20-11)16(23)17-7-3-9-21-15(22)4-2-8-18-21/h2,4,8,12H,3,5-7,9-10H2,1H3,(H,17,23)(H,19,20). The zero-order chi connectivity index (χ0) is 16.2. The van der Waals surface area contributed by atoms with Gasteiger partial charge in [0, 0.05) is 43.4 Å². The third-order valence-electron chi connectivity index (χ3n) is 4.16. The molecule has 7 nitrogen and oxygen atoms in total. The van der Waals surface area contributed by atoms with E-state index in [9.17, 15) is 9.59 Å². The van der Waals surface area contributed by atoms with Gasteiger partial charge in [0.25, 0.3) is 5.56 Å². The van der Waals surface area contributed by atoms with Crippen LogP contribution in [0.25, 0.3) is 0 Å². The Hall–Kier alpha value is -2.44. The van der Waals surface area contributed by atoms with Gasteiger partial charge in [0.2, 0.25) is 5.91 Å². The number of amides is 1. The van der Waals surface area contributed by atoms with Crippen LogP contribution in [0.1, 0.15) is 30.1 Å². The third kappa shape index (κ3) is 3.67. The SMILES string of the molecule is Cc1nc2c([nH]1)CC(C(=O)NCCCn1ncccc1=O)CC2. The highest BCUT2D eigenvalue weighted by atomic mass is 16.2. The van der Waals surface area contributed by atoms with Crippen molar-refractivity contribution in [3.05, 3.63) is 45.9 Å². The molecule has 23 heavy (non-hydrogen) atoms. The molecule has 1 atom stereocenters. The average Bonchev–Trinajstić information content (AvgIpc) is 2.92. The highest BCUT2D eigenvalue weighted by Gasteiger charge is 2.26. The molecule has 0 aromatic carbocycles. The highest BCUT2D eigenvalue weighted by molar-refractivity contribution is 5.79. The summed E-state index contributed by atoms with van der Waals surface area (Å²) < 4.78 is 1.41. The van der Waals surface area contributed by atoms with Crippen LogP contribution in [0.3, 0.4) is 0 Å². The molecule has 1 amide bonds. The molecule has 122 valence electrons. The smallest absolute Gasteiger partial charge is 0.266 e. The number of aryl methyl sites for hydroxylation is 3. The summed E-state index contributed by atoms with van der Waals surface area (Å²) in [6.45, 7) is 2.99. The first-order valence-electron chi connectivity index (χ1n) is 7.97. The summed E-state index contributed by atoms with van der Waals surface area (Å²) in [7, 11) is 0. The summed E-state index contributed by atoms with van der Waals surface area (Å²) in [6.07, 6.45) is 4.68. The van der Waals surface area contributed by atoms with Crippen molar-refractivity contribution in [2.75, 3.05) is 6.54 Å². The van der Waals surface area contributed by atoms with Crippen LogP contribution >= 0.6 is 0 Å². The number of aromatic amines is 1. The van der Waals surface area contributed by atoms with E-state index in [-0.39, 0.29) is 17.4 Å². The molecule has 0 spiro atoms. The van der Waals surface area contributed by atoms with Crippen LogP contribution in [0.4, 0.5) is 0 Å². The molecule has 1 aliphatic carbocycles. The number of nitrogens with zero attached hydrogens (tertiary/aromatic N) is 3. The van der Waals surface area contributed by atoms with Crippen molar-refractivity contribution in [3.63, 3.8) is 0 Å². The lowest BCUT2D eigenvalue weighted by molar-refractivity contribution is -0.125. The van der Waals surface area contributed by atoms with E-state index < -0.39 is 0 Å². The summed E-state index contributed by atoms with van der Waals surface area (Å²) in [5, 5.41) is 6.96. The maximum atomic E-state index is 12.3. The Morgan fingerprint density at radius 2 is 2.39 bits per heavy atom. The molecule has 3 rings (SSSR count). The number of carbonyl (C=O) groups excluding carboxylic acids is 1. The second-order valence-electron chi connectivity index (χ2n) is 5.92. The van der Waals surface area contributed by atoms with Crippen molar-refractivity contribution in [2.24, 2.45) is 5.92 Å². The summed E-state index contributed by atoms with van der Waals surface area (Å²) >= 11 is 0. The number of rotatable bonds is 5. The number of carbonyl (C=O) groups is 1. The Balaban J connectivity index is 1.45. The summed E-state index contributed by atoms with van der Waals surface area (Å²) in [5.74, 6) is 0.994. The Morgan fingerprint density at radius 3 is 3.22 bits per heavy atom. The van der Waals surface area contributed by atoms with Gasteiger partial charge in [0.05, 0.1) is 5.69 Å². The van der Waals surface area contributed by atoms with Crippen molar-refractivity contribution in [1.29, 1.82) is 0 Å². The van der Waals surface area contributed by atoms with Crippen LogP contribution in [0.15, 0.2) is 23.1 Å². The molecule has 2 aromatic rings. The predicted molar refractivity (Wildman–Crippen MR) is 85.0 cm³/mol. The zero-order valence-corrected chi connectivity index (χ0v) is 13.2. The lowest BCUT2D eigenvalue weighted by atomic mass is 9.89. The first kappa shape index (κ1) is 15.5. The third-order valence-corrected chi connectivity index (χ3v) is 4.16. The molecule has 2 N–H and O–H groups in total. The molecule has 0 saturated heterocycles. The topological polar surface area (TPSA) is 92.7 Å². The Labute approximate surface area is 134 Å². The quantitative estimate of drug-likeness (QED) is 0.790. The molecule has 2 heterocycles. The van der Waals surface area contributed by atoms with Crippen molar-refractivity contribution in [3.8, 4) is 0 Å². The van der Waals surface area contributed by atoms with Gasteiger partial charge in [-0.05, 0) is 32.3 Å². The van der Waals surface area contributed by atoms with Crippen molar-refractivity contribution < 1.29 is 4.79 Å². The fourth-order valence-electron chi connectivity index (χ4n) is 2.99. The molecule has 2 aromatic heterocycles. The van der Waals surface area contributed by atoms with Gasteiger partial charge in [0.15, 0.2) is 0 Å². The molecule has 0 saturated carbocycles. The van der Waals surface area contributed by atoms with Gasteiger partial charge in [-0.3, -0.25) is 9.59 Å². The minimum absolute atomic E-state index is 0.0000715. The number of fused-ring (bicyclic) bond motifs is 1. The highest BCUT2D eigenvalue weighted by Crippen LogP contribution is 2.23. The Bertz CT molecular complexity index is 749. The van der Waals surface area contributed by atoms with E-state index >= 15 is 0 Å². The summed E-state index contributed by atoms with van der Waals surface area (Å²) in [4.78, 5) is 31.5. The van der Waals surface area contributed by atoms with Crippen molar-refractivity contribution in [2.45, 2.75) is 39.2 Å². The molecule has 1 aliphatic rings. The summed E-state index contributed by atoms with van der Waals surface area (Å²) in [6, 6.07) is 3.10. The molecule has 1 unspecified atom stereocenters. The van der Waals surface area contributed by atoms with Crippen LogP contribution in [0, 0.1) is 12.8 Å².